The molecule has 0 aromatic heterocycles. The molecule has 5 nitrogen and oxygen atoms in total. The smallest absolute Gasteiger partial charge is 0.232 e. The number of nitrogens with one attached hydrogen (secondary N) is 1. The zero-order valence-electron chi connectivity index (χ0n) is 17.0. The number of ether oxygens (including phenoxy) is 1. The van der Waals surface area contributed by atoms with Crippen LogP contribution < -0.4 is 4.72 Å². The van der Waals surface area contributed by atoms with E-state index >= 15 is 0 Å². The molecule has 2 rings (SSSR count). The van der Waals surface area contributed by atoms with E-state index in [4.69, 9.17) is 9.29 Å². The number of methoxy groups -OCH3 is 1. The molecule has 2 aromatic rings. The third-order valence-electron chi connectivity index (χ3n) is 4.33. The number of allylic oxidation sites excluding steroid dienone is 1. The van der Waals surface area contributed by atoms with Crippen molar-refractivity contribution in [3.05, 3.63) is 81.9 Å². The SMILES string of the molecule is COCCC/C(=C\c1ccc(F)c(F)c1)C(=O)/C(=C/c1ccc(F)c(F)c1)CNS(=O)O. The van der Waals surface area contributed by atoms with Crippen LogP contribution in [0.15, 0.2) is 47.5 Å². The third kappa shape index (κ3) is 7.79. The van der Waals surface area contributed by atoms with Crippen molar-refractivity contribution in [3.8, 4) is 0 Å². The van der Waals surface area contributed by atoms with Crippen molar-refractivity contribution in [1.82, 2.24) is 4.72 Å². The minimum atomic E-state index is -2.44. The predicted molar refractivity (Wildman–Crippen MR) is 114 cm³/mol. The summed E-state index contributed by atoms with van der Waals surface area (Å²) in [5, 5.41) is 0. The Morgan fingerprint density at radius 2 is 1.50 bits per heavy atom. The number of carbonyl (C=O) groups is 1. The van der Waals surface area contributed by atoms with Gasteiger partial charge in [-0.15, -0.1) is 0 Å². The van der Waals surface area contributed by atoms with Crippen LogP contribution in [0.4, 0.5) is 17.6 Å². The Labute approximate surface area is 185 Å². The lowest BCUT2D eigenvalue weighted by Crippen LogP contribution is -2.23. The molecule has 0 spiro atoms. The van der Waals surface area contributed by atoms with Gasteiger partial charge in [0.1, 0.15) is 0 Å². The van der Waals surface area contributed by atoms with Gasteiger partial charge in [0.25, 0.3) is 0 Å². The first-order chi connectivity index (χ1) is 15.2. The van der Waals surface area contributed by atoms with Crippen molar-refractivity contribution in [3.63, 3.8) is 0 Å². The normalized spacial score (nSPS) is 13.3. The zero-order chi connectivity index (χ0) is 23.7. The Morgan fingerprint density at radius 3 is 1.97 bits per heavy atom. The first-order valence-electron chi connectivity index (χ1n) is 9.40. The summed E-state index contributed by atoms with van der Waals surface area (Å²) in [5.74, 6) is -4.89. The summed E-state index contributed by atoms with van der Waals surface area (Å²) in [4.78, 5) is 13.2. The molecule has 0 fully saturated rings. The Kier molecular flexibility index (Phi) is 9.92. The maximum atomic E-state index is 13.6. The van der Waals surface area contributed by atoms with Crippen LogP contribution in [-0.2, 0) is 20.8 Å². The molecule has 0 aliphatic heterocycles. The van der Waals surface area contributed by atoms with Crippen molar-refractivity contribution in [1.29, 1.82) is 0 Å². The van der Waals surface area contributed by atoms with Gasteiger partial charge < -0.3 is 4.74 Å². The quantitative estimate of drug-likeness (QED) is 0.220. The standard InChI is InChI=1S/C22H21F4NO4S/c1-31-8-2-3-16(9-14-4-6-18(23)20(25)11-14)22(28)17(13-27-32(29)30)10-15-5-7-19(24)21(26)12-15/h4-7,9-12,27H,2-3,8,13H2,1H3,(H,29,30)/b16-9+,17-10+. The number of Topliss-reactive ketones (excluding diaryl/α,β-unsaturated/α-hetero) is 1. The van der Waals surface area contributed by atoms with Crippen molar-refractivity contribution in [2.24, 2.45) is 0 Å². The summed E-state index contributed by atoms with van der Waals surface area (Å²) in [6.07, 6.45) is 3.24. The van der Waals surface area contributed by atoms with E-state index in [-0.39, 0.29) is 35.2 Å². The lowest BCUT2D eigenvalue weighted by Gasteiger charge is -2.12. The van der Waals surface area contributed by atoms with Gasteiger partial charge in [-0.2, -0.15) is 0 Å². The average molecular weight is 471 g/mol. The minimum absolute atomic E-state index is 0.0235. The van der Waals surface area contributed by atoms with E-state index in [0.717, 1.165) is 24.3 Å². The van der Waals surface area contributed by atoms with Crippen LogP contribution in [0.3, 0.4) is 0 Å². The summed E-state index contributed by atoms with van der Waals surface area (Å²) in [6, 6.07) is 6.15. The first-order valence-corrected chi connectivity index (χ1v) is 10.5. The van der Waals surface area contributed by atoms with Crippen molar-refractivity contribution >= 4 is 29.2 Å². The third-order valence-corrected chi connectivity index (χ3v) is 4.72. The minimum Gasteiger partial charge on any atom is -0.385 e. The Morgan fingerprint density at radius 1 is 0.969 bits per heavy atom. The highest BCUT2D eigenvalue weighted by atomic mass is 32.2. The second-order valence-corrected chi connectivity index (χ2v) is 7.47. The van der Waals surface area contributed by atoms with Gasteiger partial charge in [0.15, 0.2) is 29.1 Å². The lowest BCUT2D eigenvalue weighted by molar-refractivity contribution is -0.112. The van der Waals surface area contributed by atoms with E-state index in [1.54, 1.807) is 0 Å². The molecule has 0 aliphatic rings. The number of halogens is 4. The Balaban J connectivity index is 2.47. The van der Waals surface area contributed by atoms with Crippen LogP contribution in [-0.4, -0.2) is 34.8 Å². The van der Waals surface area contributed by atoms with Crippen molar-refractivity contribution in [2.75, 3.05) is 20.3 Å². The highest BCUT2D eigenvalue weighted by Gasteiger charge is 2.17. The molecule has 32 heavy (non-hydrogen) atoms. The number of ketones is 1. The molecule has 0 radical (unpaired) electrons. The van der Waals surface area contributed by atoms with Crippen LogP contribution >= 0.6 is 0 Å². The van der Waals surface area contributed by atoms with Crippen LogP contribution in [0.2, 0.25) is 0 Å². The highest BCUT2D eigenvalue weighted by molar-refractivity contribution is 7.77. The van der Waals surface area contributed by atoms with Crippen LogP contribution in [0, 0.1) is 23.3 Å². The van der Waals surface area contributed by atoms with E-state index in [1.807, 2.05) is 0 Å². The molecule has 172 valence electrons. The molecular weight excluding hydrogens is 450 g/mol. The maximum absolute atomic E-state index is 13.6. The van der Waals surface area contributed by atoms with Gasteiger partial charge in [0.05, 0.1) is 0 Å². The second kappa shape index (κ2) is 12.4. The Hall–Kier alpha value is -2.66. The zero-order valence-corrected chi connectivity index (χ0v) is 17.9. The van der Waals surface area contributed by atoms with E-state index < -0.39 is 40.3 Å². The molecule has 0 aliphatic carbocycles. The summed E-state index contributed by atoms with van der Waals surface area (Å²) in [6.45, 7) is -0.0378. The molecule has 2 N–H and O–H groups in total. The van der Waals surface area contributed by atoms with Gasteiger partial charge in [-0.05, 0) is 60.4 Å². The van der Waals surface area contributed by atoms with Crippen LogP contribution in [0.25, 0.3) is 12.2 Å². The highest BCUT2D eigenvalue weighted by Crippen LogP contribution is 2.21. The van der Waals surface area contributed by atoms with E-state index in [1.165, 1.54) is 31.4 Å². The number of hydrogen-bond donors (Lipinski definition) is 2. The molecule has 0 bridgehead atoms. The summed E-state index contributed by atoms with van der Waals surface area (Å²) < 4.78 is 80.9. The van der Waals surface area contributed by atoms with Crippen molar-refractivity contribution in [2.45, 2.75) is 12.8 Å². The van der Waals surface area contributed by atoms with Gasteiger partial charge >= 0.3 is 0 Å². The van der Waals surface area contributed by atoms with Crippen LogP contribution in [0.1, 0.15) is 24.0 Å². The van der Waals surface area contributed by atoms with Gasteiger partial charge in [-0.25, -0.2) is 26.5 Å². The largest absolute Gasteiger partial charge is 0.385 e. The van der Waals surface area contributed by atoms with Gasteiger partial charge in [0.2, 0.25) is 11.3 Å². The fraction of sp³-hybridized carbons (Fsp3) is 0.227. The maximum Gasteiger partial charge on any atom is 0.232 e. The fourth-order valence-corrected chi connectivity index (χ4v) is 3.09. The molecule has 1 atom stereocenters. The molecule has 1 unspecified atom stereocenters. The Bertz CT molecular complexity index is 1060. The van der Waals surface area contributed by atoms with Gasteiger partial charge in [-0.3, -0.25) is 9.35 Å². The molecule has 0 saturated heterocycles. The molecule has 0 amide bonds. The summed E-state index contributed by atoms with van der Waals surface area (Å²) >= 11 is -2.44. The van der Waals surface area contributed by atoms with E-state index in [2.05, 4.69) is 4.72 Å². The predicted octanol–water partition coefficient (Wildman–Crippen LogP) is 4.43. The summed E-state index contributed by atoms with van der Waals surface area (Å²) in [7, 11) is 1.48. The average Bonchev–Trinajstić information content (AvgIpc) is 2.75. The van der Waals surface area contributed by atoms with E-state index in [9.17, 15) is 26.6 Å². The van der Waals surface area contributed by atoms with Crippen LogP contribution in [0.5, 0.6) is 0 Å². The van der Waals surface area contributed by atoms with Gasteiger partial charge in [-0.1, -0.05) is 12.1 Å². The molecular formula is C22H21F4NO4S. The lowest BCUT2D eigenvalue weighted by atomic mass is 9.95. The first kappa shape index (κ1) is 25.6. The summed E-state index contributed by atoms with van der Waals surface area (Å²) in [5.41, 5.74) is 0.550. The molecule has 10 heteroatoms. The number of rotatable bonds is 11. The van der Waals surface area contributed by atoms with Crippen molar-refractivity contribution < 1.29 is 35.9 Å². The van der Waals surface area contributed by atoms with Gasteiger partial charge in [0, 0.05) is 31.4 Å². The molecule has 0 heterocycles. The second-order valence-electron chi connectivity index (χ2n) is 6.68. The molecule has 2 aromatic carbocycles. The number of hydrogen-bond acceptors (Lipinski definition) is 3. The molecule has 0 saturated carbocycles. The van der Waals surface area contributed by atoms with E-state index in [0.29, 0.717) is 13.0 Å². The topological polar surface area (TPSA) is 75.6 Å². The number of carbonyl (C=O) groups excluding carboxylic acids is 1. The monoisotopic (exact) mass is 471 g/mol. The fourth-order valence-electron chi connectivity index (χ4n) is 2.81. The number of benzene rings is 2.